The van der Waals surface area contributed by atoms with E-state index in [0.29, 0.717) is 6.04 Å². The van der Waals surface area contributed by atoms with E-state index in [1.807, 2.05) is 6.07 Å². The van der Waals surface area contributed by atoms with E-state index in [4.69, 9.17) is 11.6 Å². The van der Waals surface area contributed by atoms with Crippen LogP contribution in [0.25, 0.3) is 0 Å². The van der Waals surface area contributed by atoms with Crippen LogP contribution in [0.5, 0.6) is 0 Å². The van der Waals surface area contributed by atoms with Gasteiger partial charge in [-0.1, -0.05) is 36.7 Å². The zero-order chi connectivity index (χ0) is 13.7. The maximum absolute atomic E-state index is 6.41. The molecule has 1 aromatic heterocycles. The highest BCUT2D eigenvalue weighted by Gasteiger charge is 2.15. The van der Waals surface area contributed by atoms with E-state index in [9.17, 15) is 0 Å². The number of thiophene rings is 1. The third-order valence-electron chi connectivity index (χ3n) is 3.16. The Hall–Kier alpha value is -0.830. The van der Waals surface area contributed by atoms with E-state index < -0.39 is 0 Å². The molecule has 102 valence electrons. The third-order valence-corrected chi connectivity index (χ3v) is 4.38. The largest absolute Gasteiger partial charge is 0.310 e. The van der Waals surface area contributed by atoms with Crippen LogP contribution in [0.4, 0.5) is 0 Å². The molecule has 2 rings (SSSR count). The molecule has 0 aliphatic heterocycles. The molecule has 19 heavy (non-hydrogen) atoms. The van der Waals surface area contributed by atoms with Gasteiger partial charge in [0.15, 0.2) is 0 Å². The molecule has 1 aromatic carbocycles. The lowest BCUT2D eigenvalue weighted by Gasteiger charge is -2.20. The van der Waals surface area contributed by atoms with Crippen molar-refractivity contribution < 1.29 is 0 Å². The van der Waals surface area contributed by atoms with Gasteiger partial charge in [-0.05, 0) is 48.5 Å². The highest BCUT2D eigenvalue weighted by Crippen LogP contribution is 2.28. The molecule has 1 N–H and O–H groups in total. The molecule has 1 nitrogen and oxygen atoms in total. The normalized spacial score (nSPS) is 12.6. The minimum Gasteiger partial charge on any atom is -0.310 e. The number of aryl methyl sites for hydroxylation is 1. The molecule has 0 aliphatic rings. The summed E-state index contributed by atoms with van der Waals surface area (Å²) in [4.78, 5) is 1.39. The summed E-state index contributed by atoms with van der Waals surface area (Å²) in [6, 6.07) is 10.9. The van der Waals surface area contributed by atoms with Gasteiger partial charge in [-0.15, -0.1) is 11.3 Å². The van der Waals surface area contributed by atoms with E-state index in [2.05, 4.69) is 48.8 Å². The molecule has 0 saturated carbocycles. The maximum atomic E-state index is 6.41. The van der Waals surface area contributed by atoms with Gasteiger partial charge in [0.25, 0.3) is 0 Å². The van der Waals surface area contributed by atoms with E-state index in [1.54, 1.807) is 11.3 Å². The molecular weight excluding hydrogens is 274 g/mol. The smallest absolute Gasteiger partial charge is 0.0456 e. The minimum atomic E-state index is 0.298. The zero-order valence-electron chi connectivity index (χ0n) is 11.4. The molecule has 1 unspecified atom stereocenters. The van der Waals surface area contributed by atoms with Gasteiger partial charge in [-0.3, -0.25) is 0 Å². The van der Waals surface area contributed by atoms with Crippen molar-refractivity contribution in [3.05, 3.63) is 56.7 Å². The Morgan fingerprint density at radius 3 is 2.79 bits per heavy atom. The van der Waals surface area contributed by atoms with Crippen LogP contribution in [0.3, 0.4) is 0 Å². The Morgan fingerprint density at radius 2 is 2.16 bits per heavy atom. The van der Waals surface area contributed by atoms with Gasteiger partial charge in [0.2, 0.25) is 0 Å². The van der Waals surface area contributed by atoms with Crippen molar-refractivity contribution >= 4 is 22.9 Å². The van der Waals surface area contributed by atoms with Crippen LogP contribution in [-0.4, -0.2) is 6.54 Å². The van der Waals surface area contributed by atoms with Crippen molar-refractivity contribution in [2.24, 2.45) is 0 Å². The van der Waals surface area contributed by atoms with Gasteiger partial charge in [0, 0.05) is 22.4 Å². The van der Waals surface area contributed by atoms with Crippen molar-refractivity contribution in [2.45, 2.75) is 32.7 Å². The zero-order valence-corrected chi connectivity index (χ0v) is 13.0. The van der Waals surface area contributed by atoms with Crippen LogP contribution < -0.4 is 5.32 Å². The van der Waals surface area contributed by atoms with Crippen molar-refractivity contribution in [1.29, 1.82) is 0 Å². The van der Waals surface area contributed by atoms with Gasteiger partial charge < -0.3 is 5.32 Å². The summed E-state index contributed by atoms with van der Waals surface area (Å²) in [7, 11) is 0. The second-order valence-corrected chi connectivity index (χ2v) is 6.25. The second-order valence-electron chi connectivity index (χ2n) is 4.82. The quantitative estimate of drug-likeness (QED) is 0.791. The summed E-state index contributed by atoms with van der Waals surface area (Å²) in [6.45, 7) is 5.27. The van der Waals surface area contributed by atoms with Crippen LogP contribution >= 0.6 is 22.9 Å². The van der Waals surface area contributed by atoms with Crippen LogP contribution in [0, 0.1) is 6.92 Å². The Balaban J connectivity index is 2.20. The standard InChI is InChI=1S/C16H20ClNS/c1-3-8-18-16(11-13-5-4-9-19-13)14-7-6-12(2)10-15(14)17/h4-7,9-10,16,18H,3,8,11H2,1-2H3. The van der Waals surface area contributed by atoms with E-state index in [-0.39, 0.29) is 0 Å². The van der Waals surface area contributed by atoms with Crippen LogP contribution in [0.1, 0.15) is 35.4 Å². The number of halogens is 1. The van der Waals surface area contributed by atoms with E-state index >= 15 is 0 Å². The molecule has 1 atom stereocenters. The lowest BCUT2D eigenvalue weighted by molar-refractivity contribution is 0.532. The Bertz CT molecular complexity index is 507. The lowest BCUT2D eigenvalue weighted by atomic mass is 10.0. The first-order valence-corrected chi connectivity index (χ1v) is 7.98. The van der Waals surface area contributed by atoms with Gasteiger partial charge in [0.05, 0.1) is 0 Å². The molecule has 0 saturated heterocycles. The molecule has 0 bridgehead atoms. The summed E-state index contributed by atoms with van der Waals surface area (Å²) in [5.74, 6) is 0. The predicted octanol–water partition coefficient (Wildman–Crippen LogP) is 4.99. The molecule has 3 heteroatoms. The topological polar surface area (TPSA) is 12.0 Å². The Morgan fingerprint density at radius 1 is 1.32 bits per heavy atom. The number of nitrogens with one attached hydrogen (secondary N) is 1. The lowest BCUT2D eigenvalue weighted by Crippen LogP contribution is -2.24. The average molecular weight is 294 g/mol. The predicted molar refractivity (Wildman–Crippen MR) is 85.2 cm³/mol. The van der Waals surface area contributed by atoms with Crippen molar-refractivity contribution in [3.8, 4) is 0 Å². The van der Waals surface area contributed by atoms with Crippen molar-refractivity contribution in [3.63, 3.8) is 0 Å². The first kappa shape index (κ1) is 14.6. The maximum Gasteiger partial charge on any atom is 0.0456 e. The van der Waals surface area contributed by atoms with Gasteiger partial charge in [-0.2, -0.15) is 0 Å². The fourth-order valence-corrected chi connectivity index (χ4v) is 3.27. The highest BCUT2D eigenvalue weighted by molar-refractivity contribution is 7.09. The monoisotopic (exact) mass is 293 g/mol. The Labute approximate surface area is 124 Å². The van der Waals surface area contributed by atoms with Crippen molar-refractivity contribution in [2.75, 3.05) is 6.54 Å². The number of rotatable bonds is 6. The number of hydrogen-bond donors (Lipinski definition) is 1. The van der Waals surface area contributed by atoms with Gasteiger partial charge >= 0.3 is 0 Å². The first-order valence-electron chi connectivity index (χ1n) is 6.72. The fourth-order valence-electron chi connectivity index (χ4n) is 2.16. The summed E-state index contributed by atoms with van der Waals surface area (Å²) in [5.41, 5.74) is 2.41. The number of hydrogen-bond acceptors (Lipinski definition) is 2. The Kier molecular flexibility index (Phi) is 5.44. The van der Waals surface area contributed by atoms with Gasteiger partial charge in [0.1, 0.15) is 0 Å². The molecule has 1 heterocycles. The van der Waals surface area contributed by atoms with E-state index in [1.165, 1.54) is 16.0 Å². The summed E-state index contributed by atoms with van der Waals surface area (Å²) < 4.78 is 0. The second kappa shape index (κ2) is 7.09. The molecular formula is C16H20ClNS. The van der Waals surface area contributed by atoms with Gasteiger partial charge in [-0.25, -0.2) is 0 Å². The van der Waals surface area contributed by atoms with Crippen molar-refractivity contribution in [1.82, 2.24) is 5.32 Å². The fraction of sp³-hybridized carbons (Fsp3) is 0.375. The van der Waals surface area contributed by atoms with Crippen LogP contribution in [-0.2, 0) is 6.42 Å². The molecule has 0 amide bonds. The first-order chi connectivity index (χ1) is 9.20. The number of benzene rings is 1. The van der Waals surface area contributed by atoms with Crippen LogP contribution in [0.2, 0.25) is 5.02 Å². The highest BCUT2D eigenvalue weighted by atomic mass is 35.5. The summed E-state index contributed by atoms with van der Waals surface area (Å²) >= 11 is 8.21. The summed E-state index contributed by atoms with van der Waals surface area (Å²) in [5, 5.41) is 6.60. The van der Waals surface area contributed by atoms with E-state index in [0.717, 1.165) is 24.4 Å². The molecule has 0 spiro atoms. The van der Waals surface area contributed by atoms with Crippen LogP contribution in [0.15, 0.2) is 35.7 Å². The molecule has 0 fully saturated rings. The molecule has 2 aromatic rings. The molecule has 0 aliphatic carbocycles. The SMILES string of the molecule is CCCNC(Cc1cccs1)c1ccc(C)cc1Cl. The average Bonchev–Trinajstić information content (AvgIpc) is 2.88. The summed E-state index contributed by atoms with van der Waals surface area (Å²) in [6.07, 6.45) is 2.13. The minimum absolute atomic E-state index is 0.298. The third kappa shape index (κ3) is 4.07. The molecule has 0 radical (unpaired) electrons.